The Morgan fingerprint density at radius 3 is 2.71 bits per heavy atom. The molecule has 0 bridgehead atoms. The Morgan fingerprint density at radius 2 is 1.95 bits per heavy atom. The number of aromatic nitrogens is 3. The predicted molar refractivity (Wildman–Crippen MR) is 77.1 cm³/mol. The highest BCUT2D eigenvalue weighted by atomic mass is 32.2. The molecule has 0 fully saturated rings. The lowest BCUT2D eigenvalue weighted by Gasteiger charge is -1.98. The average Bonchev–Trinajstić information content (AvgIpc) is 2.96. The number of H-pyrrole nitrogens is 1. The van der Waals surface area contributed by atoms with Gasteiger partial charge in [-0.2, -0.15) is 5.26 Å². The summed E-state index contributed by atoms with van der Waals surface area (Å²) in [6.07, 6.45) is 1.68. The Balaban J connectivity index is 1.82. The Labute approximate surface area is 124 Å². The summed E-state index contributed by atoms with van der Waals surface area (Å²) in [5.74, 6) is -0.273. The van der Waals surface area contributed by atoms with Gasteiger partial charge in [0.15, 0.2) is 5.16 Å². The number of imidazole rings is 1. The predicted octanol–water partition coefficient (Wildman–Crippen LogP) is 3.63. The van der Waals surface area contributed by atoms with Crippen molar-refractivity contribution in [2.75, 3.05) is 0 Å². The largest absolute Gasteiger partial charge is 0.333 e. The third-order valence-electron chi connectivity index (χ3n) is 2.75. The molecule has 0 saturated carbocycles. The van der Waals surface area contributed by atoms with Crippen molar-refractivity contribution >= 4 is 11.8 Å². The number of benzene rings is 1. The fourth-order valence-electron chi connectivity index (χ4n) is 1.76. The van der Waals surface area contributed by atoms with E-state index in [2.05, 4.69) is 15.0 Å². The molecular formula is C15H9FN4S. The highest BCUT2D eigenvalue weighted by Crippen LogP contribution is 2.26. The van der Waals surface area contributed by atoms with E-state index >= 15 is 0 Å². The number of nitrogens with one attached hydrogen (secondary N) is 1. The van der Waals surface area contributed by atoms with Gasteiger partial charge in [0.25, 0.3) is 0 Å². The smallest absolute Gasteiger partial charge is 0.172 e. The summed E-state index contributed by atoms with van der Waals surface area (Å²) >= 11 is 1.33. The third kappa shape index (κ3) is 3.09. The molecule has 4 nitrogen and oxygen atoms in total. The molecule has 0 aliphatic carbocycles. The summed E-state index contributed by atoms with van der Waals surface area (Å²) in [6.45, 7) is 0. The van der Waals surface area contributed by atoms with Crippen LogP contribution in [0, 0.1) is 17.1 Å². The number of hydrogen-bond donors (Lipinski definition) is 1. The summed E-state index contributed by atoms with van der Waals surface area (Å²) in [4.78, 5) is 11.6. The lowest BCUT2D eigenvalue weighted by molar-refractivity contribution is 0.628. The van der Waals surface area contributed by atoms with E-state index in [1.165, 1.54) is 23.9 Å². The van der Waals surface area contributed by atoms with E-state index in [1.54, 1.807) is 30.5 Å². The van der Waals surface area contributed by atoms with Crippen molar-refractivity contribution < 1.29 is 4.39 Å². The number of halogens is 1. The van der Waals surface area contributed by atoms with Crippen molar-refractivity contribution in [3.05, 3.63) is 60.2 Å². The van der Waals surface area contributed by atoms with Gasteiger partial charge in [-0.3, -0.25) is 0 Å². The van der Waals surface area contributed by atoms with E-state index in [-0.39, 0.29) is 5.82 Å². The van der Waals surface area contributed by atoms with Crippen LogP contribution in [-0.2, 0) is 0 Å². The first kappa shape index (κ1) is 13.3. The SMILES string of the molecule is N#Cc1cccc(Sc2ncc(-c3ccc(F)cc3)[nH]2)n1. The molecule has 1 aromatic carbocycles. The van der Waals surface area contributed by atoms with Crippen LogP contribution in [0.4, 0.5) is 4.39 Å². The van der Waals surface area contributed by atoms with Crippen LogP contribution in [-0.4, -0.2) is 15.0 Å². The second kappa shape index (κ2) is 5.77. The number of hydrogen-bond acceptors (Lipinski definition) is 4. The van der Waals surface area contributed by atoms with Gasteiger partial charge < -0.3 is 4.98 Å². The molecule has 0 unspecified atom stereocenters. The van der Waals surface area contributed by atoms with Crippen molar-refractivity contribution in [3.63, 3.8) is 0 Å². The van der Waals surface area contributed by atoms with Crippen LogP contribution in [0.3, 0.4) is 0 Å². The first-order chi connectivity index (χ1) is 10.2. The monoisotopic (exact) mass is 296 g/mol. The molecular weight excluding hydrogens is 287 g/mol. The van der Waals surface area contributed by atoms with Crippen LogP contribution in [0.5, 0.6) is 0 Å². The molecule has 0 radical (unpaired) electrons. The molecule has 3 aromatic rings. The Kier molecular flexibility index (Phi) is 3.67. The van der Waals surface area contributed by atoms with Gasteiger partial charge in [-0.1, -0.05) is 6.07 Å². The van der Waals surface area contributed by atoms with Gasteiger partial charge in [-0.25, -0.2) is 14.4 Å². The number of nitrogens with zero attached hydrogens (tertiary/aromatic N) is 3. The van der Waals surface area contributed by atoms with Crippen LogP contribution in [0.25, 0.3) is 11.3 Å². The first-order valence-corrected chi connectivity index (χ1v) is 6.92. The molecule has 0 atom stereocenters. The second-order valence-electron chi connectivity index (χ2n) is 4.18. The highest BCUT2D eigenvalue weighted by Gasteiger charge is 2.06. The zero-order chi connectivity index (χ0) is 14.7. The maximum absolute atomic E-state index is 12.9. The second-order valence-corrected chi connectivity index (χ2v) is 5.19. The Bertz CT molecular complexity index is 805. The van der Waals surface area contributed by atoms with E-state index in [1.807, 2.05) is 12.1 Å². The van der Waals surface area contributed by atoms with E-state index in [0.29, 0.717) is 15.9 Å². The van der Waals surface area contributed by atoms with Crippen molar-refractivity contribution in [3.8, 4) is 17.3 Å². The summed E-state index contributed by atoms with van der Waals surface area (Å²) in [7, 11) is 0. The minimum absolute atomic E-state index is 0.273. The molecule has 3 rings (SSSR count). The molecule has 6 heteroatoms. The molecule has 0 aliphatic heterocycles. The van der Waals surface area contributed by atoms with Gasteiger partial charge >= 0.3 is 0 Å². The topological polar surface area (TPSA) is 65.4 Å². The van der Waals surface area contributed by atoms with E-state index in [0.717, 1.165) is 11.3 Å². The number of rotatable bonds is 3. The van der Waals surface area contributed by atoms with E-state index in [9.17, 15) is 4.39 Å². The van der Waals surface area contributed by atoms with Crippen molar-refractivity contribution in [2.45, 2.75) is 10.2 Å². The van der Waals surface area contributed by atoms with Crippen molar-refractivity contribution in [1.29, 1.82) is 5.26 Å². The molecule has 2 aromatic heterocycles. The van der Waals surface area contributed by atoms with E-state index < -0.39 is 0 Å². The maximum atomic E-state index is 12.9. The van der Waals surface area contributed by atoms with Crippen LogP contribution < -0.4 is 0 Å². The van der Waals surface area contributed by atoms with Crippen LogP contribution in [0.15, 0.2) is 58.8 Å². The first-order valence-electron chi connectivity index (χ1n) is 6.10. The van der Waals surface area contributed by atoms with Crippen LogP contribution >= 0.6 is 11.8 Å². The normalized spacial score (nSPS) is 10.3. The highest BCUT2D eigenvalue weighted by molar-refractivity contribution is 7.99. The summed E-state index contributed by atoms with van der Waals surface area (Å²) < 4.78 is 12.9. The zero-order valence-corrected chi connectivity index (χ0v) is 11.6. The number of pyridine rings is 1. The molecule has 102 valence electrons. The van der Waals surface area contributed by atoms with Gasteiger partial charge in [-0.15, -0.1) is 0 Å². The van der Waals surface area contributed by atoms with Crippen LogP contribution in [0.2, 0.25) is 0 Å². The van der Waals surface area contributed by atoms with Gasteiger partial charge in [0.1, 0.15) is 22.6 Å². The lowest BCUT2D eigenvalue weighted by Crippen LogP contribution is -1.85. The van der Waals surface area contributed by atoms with Gasteiger partial charge in [0, 0.05) is 0 Å². The fourth-order valence-corrected chi connectivity index (χ4v) is 2.52. The van der Waals surface area contributed by atoms with Crippen molar-refractivity contribution in [1.82, 2.24) is 15.0 Å². The Hall–Kier alpha value is -2.65. The van der Waals surface area contributed by atoms with Crippen LogP contribution in [0.1, 0.15) is 5.69 Å². The molecule has 0 spiro atoms. The minimum atomic E-state index is -0.273. The number of aromatic amines is 1. The summed E-state index contributed by atoms with van der Waals surface area (Å²) in [6, 6.07) is 13.4. The van der Waals surface area contributed by atoms with Gasteiger partial charge in [0.2, 0.25) is 0 Å². The number of nitriles is 1. The maximum Gasteiger partial charge on any atom is 0.172 e. The molecule has 0 amide bonds. The molecule has 0 saturated heterocycles. The average molecular weight is 296 g/mol. The van der Waals surface area contributed by atoms with E-state index in [4.69, 9.17) is 5.26 Å². The third-order valence-corrected chi connectivity index (χ3v) is 3.58. The minimum Gasteiger partial charge on any atom is -0.333 e. The quantitative estimate of drug-likeness (QED) is 0.801. The molecule has 1 N–H and O–H groups in total. The van der Waals surface area contributed by atoms with Gasteiger partial charge in [-0.05, 0) is 53.7 Å². The summed E-state index contributed by atoms with van der Waals surface area (Å²) in [5, 5.41) is 10.2. The standard InChI is InChI=1S/C15H9FN4S/c16-11-6-4-10(5-7-11)13-9-18-15(20-13)21-14-3-1-2-12(8-17)19-14/h1-7,9H,(H,18,20). The van der Waals surface area contributed by atoms with Crippen molar-refractivity contribution in [2.24, 2.45) is 0 Å². The molecule has 0 aliphatic rings. The molecule has 2 heterocycles. The lowest BCUT2D eigenvalue weighted by atomic mass is 10.2. The fraction of sp³-hybridized carbons (Fsp3) is 0. The Morgan fingerprint density at radius 1 is 1.14 bits per heavy atom. The van der Waals surface area contributed by atoms with Gasteiger partial charge in [0.05, 0.1) is 11.9 Å². The molecule has 21 heavy (non-hydrogen) atoms. The zero-order valence-electron chi connectivity index (χ0n) is 10.7. The summed E-state index contributed by atoms with van der Waals surface area (Å²) in [5.41, 5.74) is 2.02.